The Kier molecular flexibility index (Phi) is 3.79. The molecule has 106 valence electrons. The first-order valence-corrected chi connectivity index (χ1v) is 7.47. The molecule has 0 amide bonds. The molecular weight excluding hydrogens is 224 g/mol. The van der Waals surface area contributed by atoms with Gasteiger partial charge in [-0.3, -0.25) is 5.32 Å². The van der Waals surface area contributed by atoms with E-state index in [1.54, 1.807) is 0 Å². The van der Waals surface area contributed by atoms with Crippen molar-refractivity contribution in [2.24, 2.45) is 0 Å². The van der Waals surface area contributed by atoms with Crippen molar-refractivity contribution in [3.8, 4) is 0 Å². The highest BCUT2D eigenvalue weighted by Crippen LogP contribution is 2.39. The molecule has 1 unspecified atom stereocenters. The van der Waals surface area contributed by atoms with Gasteiger partial charge in [-0.15, -0.1) is 0 Å². The molecule has 0 aromatic rings. The standard InChI is InChI=1S/C15H30N2O/c1-6-7-12-8-9-18-15(16-12)10-13(2,3)17-14(4,5)11-15/h12,16-17H,6-11H2,1-5H3. The average Bonchev–Trinajstić information content (AvgIpc) is 2.11. The van der Waals surface area contributed by atoms with Gasteiger partial charge in [-0.05, 0) is 40.5 Å². The number of piperidine rings is 1. The van der Waals surface area contributed by atoms with Crippen molar-refractivity contribution in [2.75, 3.05) is 6.61 Å². The van der Waals surface area contributed by atoms with E-state index in [1.807, 2.05) is 0 Å². The second-order valence-electron chi connectivity index (χ2n) is 7.51. The number of nitrogens with one attached hydrogen (secondary N) is 2. The summed E-state index contributed by atoms with van der Waals surface area (Å²) < 4.78 is 6.20. The fraction of sp³-hybridized carbons (Fsp3) is 1.00. The Labute approximate surface area is 112 Å². The second kappa shape index (κ2) is 4.77. The molecular formula is C15H30N2O. The third-order valence-corrected chi connectivity index (χ3v) is 4.08. The van der Waals surface area contributed by atoms with Crippen molar-refractivity contribution in [3.63, 3.8) is 0 Å². The lowest BCUT2D eigenvalue weighted by atomic mass is 9.76. The van der Waals surface area contributed by atoms with Gasteiger partial charge in [-0.1, -0.05) is 13.3 Å². The van der Waals surface area contributed by atoms with Gasteiger partial charge in [0, 0.05) is 30.0 Å². The van der Waals surface area contributed by atoms with Crippen molar-refractivity contribution in [1.82, 2.24) is 10.6 Å². The van der Waals surface area contributed by atoms with Gasteiger partial charge in [0.1, 0.15) is 5.72 Å². The van der Waals surface area contributed by atoms with Gasteiger partial charge in [0.05, 0.1) is 6.61 Å². The average molecular weight is 254 g/mol. The van der Waals surface area contributed by atoms with E-state index in [2.05, 4.69) is 45.3 Å². The fourth-order valence-corrected chi connectivity index (χ4v) is 4.15. The van der Waals surface area contributed by atoms with Crippen LogP contribution in [0.2, 0.25) is 0 Å². The predicted molar refractivity (Wildman–Crippen MR) is 75.7 cm³/mol. The number of rotatable bonds is 2. The van der Waals surface area contributed by atoms with Crippen LogP contribution in [0.1, 0.15) is 66.7 Å². The highest BCUT2D eigenvalue weighted by molar-refractivity contribution is 5.05. The molecule has 2 aliphatic rings. The van der Waals surface area contributed by atoms with E-state index in [4.69, 9.17) is 4.74 Å². The summed E-state index contributed by atoms with van der Waals surface area (Å²) in [4.78, 5) is 0. The summed E-state index contributed by atoms with van der Waals surface area (Å²) in [5.41, 5.74) is 0.141. The zero-order valence-electron chi connectivity index (χ0n) is 12.7. The van der Waals surface area contributed by atoms with Crippen LogP contribution in [-0.4, -0.2) is 29.5 Å². The van der Waals surface area contributed by atoms with Crippen LogP contribution in [0.3, 0.4) is 0 Å². The molecule has 2 N–H and O–H groups in total. The summed E-state index contributed by atoms with van der Waals surface area (Å²) >= 11 is 0. The highest BCUT2D eigenvalue weighted by Gasteiger charge is 2.49. The van der Waals surface area contributed by atoms with E-state index in [0.29, 0.717) is 6.04 Å². The zero-order valence-corrected chi connectivity index (χ0v) is 12.7. The number of hydrogen-bond donors (Lipinski definition) is 2. The Morgan fingerprint density at radius 1 is 1.11 bits per heavy atom. The number of ether oxygens (including phenoxy) is 1. The van der Waals surface area contributed by atoms with Gasteiger partial charge in [0.2, 0.25) is 0 Å². The Bertz CT molecular complexity index is 281. The summed E-state index contributed by atoms with van der Waals surface area (Å²) in [6, 6.07) is 0.633. The van der Waals surface area contributed by atoms with E-state index in [0.717, 1.165) is 25.9 Å². The first-order chi connectivity index (χ1) is 8.26. The Morgan fingerprint density at radius 3 is 2.28 bits per heavy atom. The Hall–Kier alpha value is -0.120. The van der Waals surface area contributed by atoms with Crippen molar-refractivity contribution in [1.29, 1.82) is 0 Å². The molecule has 0 aromatic carbocycles. The summed E-state index contributed by atoms with van der Waals surface area (Å²) in [6.07, 6.45) is 5.76. The van der Waals surface area contributed by atoms with Crippen molar-refractivity contribution in [3.05, 3.63) is 0 Å². The van der Waals surface area contributed by atoms with Crippen LogP contribution >= 0.6 is 0 Å². The Balaban J connectivity index is 2.13. The molecule has 0 aromatic heterocycles. The molecule has 0 radical (unpaired) electrons. The van der Waals surface area contributed by atoms with Crippen LogP contribution in [-0.2, 0) is 4.74 Å². The molecule has 1 atom stereocenters. The van der Waals surface area contributed by atoms with Crippen LogP contribution in [0.25, 0.3) is 0 Å². The van der Waals surface area contributed by atoms with Gasteiger partial charge in [-0.25, -0.2) is 0 Å². The molecule has 0 aliphatic carbocycles. The topological polar surface area (TPSA) is 33.3 Å². The van der Waals surface area contributed by atoms with E-state index < -0.39 is 0 Å². The second-order valence-corrected chi connectivity index (χ2v) is 7.51. The fourth-order valence-electron chi connectivity index (χ4n) is 4.15. The van der Waals surface area contributed by atoms with Gasteiger partial charge in [0.25, 0.3) is 0 Å². The molecule has 2 fully saturated rings. The summed E-state index contributed by atoms with van der Waals surface area (Å²) in [6.45, 7) is 12.3. The maximum atomic E-state index is 6.20. The lowest BCUT2D eigenvalue weighted by molar-refractivity contribution is -0.160. The van der Waals surface area contributed by atoms with Crippen LogP contribution in [0, 0.1) is 0 Å². The van der Waals surface area contributed by atoms with E-state index in [9.17, 15) is 0 Å². The SMILES string of the molecule is CCCC1CCOC2(CC(C)(C)NC(C)(C)C2)N1. The van der Waals surface area contributed by atoms with E-state index >= 15 is 0 Å². The minimum absolute atomic E-state index is 0.115. The predicted octanol–water partition coefficient (Wildman–Crippen LogP) is 2.80. The third kappa shape index (κ3) is 3.25. The molecule has 0 bridgehead atoms. The summed E-state index contributed by atoms with van der Waals surface area (Å²) in [7, 11) is 0. The van der Waals surface area contributed by atoms with Crippen LogP contribution in [0.15, 0.2) is 0 Å². The molecule has 1 spiro atoms. The first-order valence-electron chi connectivity index (χ1n) is 7.47. The van der Waals surface area contributed by atoms with Gasteiger partial charge in [-0.2, -0.15) is 0 Å². The lowest BCUT2D eigenvalue weighted by Crippen LogP contribution is -2.70. The number of hydrogen-bond acceptors (Lipinski definition) is 3. The van der Waals surface area contributed by atoms with Gasteiger partial charge >= 0.3 is 0 Å². The lowest BCUT2D eigenvalue weighted by Gasteiger charge is -2.55. The van der Waals surface area contributed by atoms with Crippen molar-refractivity contribution in [2.45, 2.75) is 89.6 Å². The molecule has 2 saturated heterocycles. The molecule has 3 nitrogen and oxygen atoms in total. The van der Waals surface area contributed by atoms with E-state index in [-0.39, 0.29) is 16.8 Å². The quantitative estimate of drug-likeness (QED) is 0.795. The van der Waals surface area contributed by atoms with Crippen molar-refractivity contribution >= 4 is 0 Å². The van der Waals surface area contributed by atoms with Crippen molar-refractivity contribution < 1.29 is 4.74 Å². The Morgan fingerprint density at radius 2 is 1.72 bits per heavy atom. The van der Waals surface area contributed by atoms with Crippen LogP contribution in [0.4, 0.5) is 0 Å². The smallest absolute Gasteiger partial charge is 0.122 e. The summed E-state index contributed by atoms with van der Waals surface area (Å²) in [5.74, 6) is 0. The monoisotopic (exact) mass is 254 g/mol. The summed E-state index contributed by atoms with van der Waals surface area (Å²) in [5, 5.41) is 7.55. The molecule has 2 heterocycles. The minimum Gasteiger partial charge on any atom is -0.360 e. The third-order valence-electron chi connectivity index (χ3n) is 4.08. The normalized spacial score (nSPS) is 33.5. The van der Waals surface area contributed by atoms with Crippen LogP contribution in [0.5, 0.6) is 0 Å². The minimum atomic E-state index is -0.115. The zero-order chi connectivity index (χ0) is 13.4. The maximum absolute atomic E-state index is 6.20. The maximum Gasteiger partial charge on any atom is 0.122 e. The molecule has 3 heteroatoms. The highest BCUT2D eigenvalue weighted by atomic mass is 16.5. The van der Waals surface area contributed by atoms with Crippen LogP contribution < -0.4 is 10.6 Å². The largest absolute Gasteiger partial charge is 0.360 e. The first kappa shape index (κ1) is 14.3. The molecule has 2 aliphatic heterocycles. The van der Waals surface area contributed by atoms with Gasteiger partial charge in [0.15, 0.2) is 0 Å². The van der Waals surface area contributed by atoms with E-state index in [1.165, 1.54) is 12.8 Å². The molecule has 0 saturated carbocycles. The molecule has 18 heavy (non-hydrogen) atoms. The van der Waals surface area contributed by atoms with Gasteiger partial charge < -0.3 is 10.1 Å². The molecule has 2 rings (SSSR count).